The average Bonchev–Trinajstić information content (AvgIpc) is 2.68. The van der Waals surface area contributed by atoms with Gasteiger partial charge in [-0.15, -0.1) is 0 Å². The molecular weight excluding hydrogens is 328 g/mol. The minimum Gasteiger partial charge on any atom is -0.370 e. The predicted molar refractivity (Wildman–Crippen MR) is 100.0 cm³/mol. The molecular formula is C21H24N2O3. The standard InChI is InChI=1S/C21H24N2O3/c1-15-8-9-18(12-16(15)2)21(25)22-13-20(24)23-10-11-26-19(14-23)17-6-4-3-5-7-17/h3-9,12,19H,10-11,13-14H2,1-2H3,(H,22,25). The van der Waals surface area contributed by atoms with Crippen LogP contribution in [0.15, 0.2) is 48.5 Å². The SMILES string of the molecule is Cc1ccc(C(=O)NCC(=O)N2CCOC(c3ccccc3)C2)cc1C. The molecule has 0 aromatic heterocycles. The van der Waals surface area contributed by atoms with Crippen molar-refractivity contribution in [3.8, 4) is 0 Å². The van der Waals surface area contributed by atoms with Crippen LogP contribution >= 0.6 is 0 Å². The molecule has 0 bridgehead atoms. The van der Waals surface area contributed by atoms with Crippen LogP contribution in [0.3, 0.4) is 0 Å². The molecule has 0 spiro atoms. The highest BCUT2D eigenvalue weighted by molar-refractivity contribution is 5.96. The van der Waals surface area contributed by atoms with Gasteiger partial charge in [-0.25, -0.2) is 0 Å². The van der Waals surface area contributed by atoms with Crippen molar-refractivity contribution in [2.75, 3.05) is 26.2 Å². The highest BCUT2D eigenvalue weighted by Crippen LogP contribution is 2.21. The summed E-state index contributed by atoms with van der Waals surface area (Å²) in [6.07, 6.45) is -0.121. The van der Waals surface area contributed by atoms with Gasteiger partial charge in [-0.2, -0.15) is 0 Å². The van der Waals surface area contributed by atoms with Gasteiger partial charge in [0.05, 0.1) is 19.7 Å². The fraction of sp³-hybridized carbons (Fsp3) is 0.333. The van der Waals surface area contributed by atoms with Crippen LogP contribution in [0.4, 0.5) is 0 Å². The third-order valence-corrected chi connectivity index (χ3v) is 4.76. The molecule has 1 aliphatic rings. The first-order valence-electron chi connectivity index (χ1n) is 8.84. The fourth-order valence-electron chi connectivity index (χ4n) is 3.00. The maximum Gasteiger partial charge on any atom is 0.251 e. The minimum atomic E-state index is -0.227. The highest BCUT2D eigenvalue weighted by Gasteiger charge is 2.25. The van der Waals surface area contributed by atoms with Gasteiger partial charge in [0.2, 0.25) is 5.91 Å². The van der Waals surface area contributed by atoms with Crippen molar-refractivity contribution in [1.82, 2.24) is 10.2 Å². The number of aryl methyl sites for hydroxylation is 2. The number of nitrogens with one attached hydrogen (secondary N) is 1. The van der Waals surface area contributed by atoms with Gasteiger partial charge in [-0.3, -0.25) is 9.59 Å². The molecule has 1 N–H and O–H groups in total. The van der Waals surface area contributed by atoms with Gasteiger partial charge in [-0.05, 0) is 42.7 Å². The Morgan fingerprint density at radius 2 is 1.88 bits per heavy atom. The van der Waals surface area contributed by atoms with Crippen LogP contribution in [-0.2, 0) is 9.53 Å². The van der Waals surface area contributed by atoms with Gasteiger partial charge < -0.3 is 15.0 Å². The second-order valence-electron chi connectivity index (χ2n) is 6.59. The van der Waals surface area contributed by atoms with Crippen LogP contribution < -0.4 is 5.32 Å². The third kappa shape index (κ3) is 4.29. The monoisotopic (exact) mass is 352 g/mol. The first-order chi connectivity index (χ1) is 12.5. The van der Waals surface area contributed by atoms with E-state index >= 15 is 0 Å². The Balaban J connectivity index is 1.56. The van der Waals surface area contributed by atoms with Gasteiger partial charge in [0.1, 0.15) is 6.10 Å². The molecule has 5 nitrogen and oxygen atoms in total. The summed E-state index contributed by atoms with van der Waals surface area (Å²) in [5.74, 6) is -0.319. The van der Waals surface area contributed by atoms with Crippen molar-refractivity contribution in [2.45, 2.75) is 20.0 Å². The first-order valence-corrected chi connectivity index (χ1v) is 8.84. The number of carbonyl (C=O) groups excluding carboxylic acids is 2. The number of carbonyl (C=O) groups is 2. The number of hydrogen-bond acceptors (Lipinski definition) is 3. The molecule has 0 saturated carbocycles. The fourth-order valence-corrected chi connectivity index (χ4v) is 3.00. The summed E-state index contributed by atoms with van der Waals surface area (Å²) in [4.78, 5) is 26.5. The molecule has 0 aliphatic carbocycles. The predicted octanol–water partition coefficient (Wildman–Crippen LogP) is 2.63. The molecule has 1 atom stereocenters. The normalized spacial score (nSPS) is 17.0. The maximum absolute atomic E-state index is 12.5. The second kappa shape index (κ2) is 8.15. The lowest BCUT2D eigenvalue weighted by Gasteiger charge is -2.33. The Hall–Kier alpha value is -2.66. The van der Waals surface area contributed by atoms with Crippen molar-refractivity contribution in [2.24, 2.45) is 0 Å². The zero-order valence-corrected chi connectivity index (χ0v) is 15.2. The highest BCUT2D eigenvalue weighted by atomic mass is 16.5. The Labute approximate surface area is 154 Å². The van der Waals surface area contributed by atoms with Crippen molar-refractivity contribution in [3.63, 3.8) is 0 Å². The molecule has 2 aromatic carbocycles. The summed E-state index contributed by atoms with van der Waals surface area (Å²) < 4.78 is 5.78. The number of ether oxygens (including phenoxy) is 1. The van der Waals surface area contributed by atoms with Crippen molar-refractivity contribution < 1.29 is 14.3 Å². The molecule has 3 rings (SSSR count). The van der Waals surface area contributed by atoms with Crippen LogP contribution in [0, 0.1) is 13.8 Å². The quantitative estimate of drug-likeness (QED) is 0.920. The number of benzene rings is 2. The van der Waals surface area contributed by atoms with E-state index in [1.807, 2.05) is 56.3 Å². The molecule has 0 radical (unpaired) electrons. The average molecular weight is 352 g/mol. The number of nitrogens with zero attached hydrogens (tertiary/aromatic N) is 1. The molecule has 1 aliphatic heterocycles. The summed E-state index contributed by atoms with van der Waals surface area (Å²) in [5, 5.41) is 2.73. The van der Waals surface area contributed by atoms with E-state index in [1.54, 1.807) is 11.0 Å². The van der Waals surface area contributed by atoms with Gasteiger partial charge >= 0.3 is 0 Å². The van der Waals surface area contributed by atoms with Crippen LogP contribution in [-0.4, -0.2) is 43.0 Å². The molecule has 1 heterocycles. The van der Waals surface area contributed by atoms with E-state index in [9.17, 15) is 9.59 Å². The Kier molecular flexibility index (Phi) is 5.68. The van der Waals surface area contributed by atoms with Crippen molar-refractivity contribution in [3.05, 3.63) is 70.8 Å². The van der Waals surface area contributed by atoms with E-state index in [0.717, 1.165) is 16.7 Å². The first kappa shape index (κ1) is 18.1. The number of hydrogen-bond donors (Lipinski definition) is 1. The van der Waals surface area contributed by atoms with E-state index in [1.165, 1.54) is 0 Å². The van der Waals surface area contributed by atoms with Gasteiger partial charge in [-0.1, -0.05) is 36.4 Å². The molecule has 2 amide bonds. The topological polar surface area (TPSA) is 58.6 Å². The van der Waals surface area contributed by atoms with Gasteiger partial charge in [0.25, 0.3) is 5.91 Å². The van der Waals surface area contributed by atoms with E-state index < -0.39 is 0 Å². The summed E-state index contributed by atoms with van der Waals surface area (Å²) >= 11 is 0. The van der Waals surface area contributed by atoms with E-state index in [4.69, 9.17) is 4.74 Å². The van der Waals surface area contributed by atoms with Gasteiger partial charge in [0, 0.05) is 12.1 Å². The largest absolute Gasteiger partial charge is 0.370 e. The maximum atomic E-state index is 12.5. The molecule has 26 heavy (non-hydrogen) atoms. The number of amides is 2. The van der Waals surface area contributed by atoms with E-state index in [2.05, 4.69) is 5.32 Å². The molecule has 5 heteroatoms. The molecule has 136 valence electrons. The Bertz CT molecular complexity index is 789. The molecule has 2 aromatic rings. The zero-order valence-electron chi connectivity index (χ0n) is 15.2. The Morgan fingerprint density at radius 3 is 2.62 bits per heavy atom. The van der Waals surface area contributed by atoms with Crippen LogP contribution in [0.1, 0.15) is 33.2 Å². The Morgan fingerprint density at radius 1 is 1.12 bits per heavy atom. The summed E-state index contributed by atoms with van der Waals surface area (Å²) in [6, 6.07) is 15.4. The minimum absolute atomic E-state index is 0.00668. The summed E-state index contributed by atoms with van der Waals surface area (Å²) in [7, 11) is 0. The third-order valence-electron chi connectivity index (χ3n) is 4.76. The smallest absolute Gasteiger partial charge is 0.251 e. The van der Waals surface area contributed by atoms with Crippen LogP contribution in [0.2, 0.25) is 0 Å². The van der Waals surface area contributed by atoms with Crippen LogP contribution in [0.5, 0.6) is 0 Å². The van der Waals surface area contributed by atoms with Crippen LogP contribution in [0.25, 0.3) is 0 Å². The number of rotatable bonds is 4. The zero-order chi connectivity index (χ0) is 18.5. The lowest BCUT2D eigenvalue weighted by molar-refractivity contribution is -0.137. The molecule has 1 fully saturated rings. The van der Waals surface area contributed by atoms with E-state index in [0.29, 0.717) is 25.3 Å². The molecule has 1 unspecified atom stereocenters. The molecule has 1 saturated heterocycles. The van der Waals surface area contributed by atoms with Crippen molar-refractivity contribution >= 4 is 11.8 Å². The second-order valence-corrected chi connectivity index (χ2v) is 6.59. The lowest BCUT2D eigenvalue weighted by atomic mass is 10.1. The lowest BCUT2D eigenvalue weighted by Crippen LogP contribution is -2.46. The van der Waals surface area contributed by atoms with Crippen molar-refractivity contribution in [1.29, 1.82) is 0 Å². The van der Waals surface area contributed by atoms with Gasteiger partial charge in [0.15, 0.2) is 0 Å². The summed E-state index contributed by atoms with van der Waals surface area (Å²) in [5.41, 5.74) is 3.83. The summed E-state index contributed by atoms with van der Waals surface area (Å²) in [6.45, 7) is 5.50. The van der Waals surface area contributed by atoms with E-state index in [-0.39, 0.29) is 24.5 Å². The number of morpholine rings is 1.